The van der Waals surface area contributed by atoms with Crippen molar-refractivity contribution in [1.82, 2.24) is 4.98 Å². The number of rotatable bonds is 0. The fourth-order valence-corrected chi connectivity index (χ4v) is 1.18. The second-order valence-electron chi connectivity index (χ2n) is 2.71. The fourth-order valence-electron chi connectivity index (χ4n) is 1.18. The van der Waals surface area contributed by atoms with Crippen LogP contribution < -0.4 is 0 Å². The number of fused-ring (bicyclic) bond motifs is 1. The van der Waals surface area contributed by atoms with Crippen LogP contribution in [0.15, 0.2) is 36.5 Å². The lowest BCUT2D eigenvalue weighted by Gasteiger charge is -1.95. The average molecular weight is 173 g/mol. The highest BCUT2D eigenvalue weighted by molar-refractivity contribution is 5.78. The maximum Gasteiger partial charge on any atom is 0.0702 e. The van der Waals surface area contributed by atoms with Crippen molar-refractivity contribution in [1.29, 1.82) is 0 Å². The van der Waals surface area contributed by atoms with Crippen molar-refractivity contribution >= 4 is 10.9 Å². The van der Waals surface area contributed by atoms with Gasteiger partial charge in [0.05, 0.1) is 5.52 Å². The summed E-state index contributed by atoms with van der Waals surface area (Å²) in [6, 6.07) is 10.3. The minimum absolute atomic E-state index is 1.07. The van der Waals surface area contributed by atoms with Crippen molar-refractivity contribution in [2.75, 3.05) is 0 Å². The van der Waals surface area contributed by atoms with Crippen molar-refractivity contribution in [2.45, 2.75) is 20.8 Å². The van der Waals surface area contributed by atoms with Crippen LogP contribution in [-0.4, -0.2) is 4.98 Å². The maximum absolute atomic E-state index is 4.28. The SMILES string of the molecule is CC.Cc1cnc2ccccc2c1. The van der Waals surface area contributed by atoms with Gasteiger partial charge in [-0.2, -0.15) is 0 Å². The van der Waals surface area contributed by atoms with Gasteiger partial charge in [-0.15, -0.1) is 0 Å². The number of pyridine rings is 1. The van der Waals surface area contributed by atoms with E-state index in [2.05, 4.69) is 24.0 Å². The largest absolute Gasteiger partial charge is 0.256 e. The Hall–Kier alpha value is -1.37. The topological polar surface area (TPSA) is 12.9 Å². The summed E-state index contributed by atoms with van der Waals surface area (Å²) in [5, 5.41) is 1.22. The molecule has 1 heterocycles. The molecule has 0 bridgehead atoms. The van der Waals surface area contributed by atoms with E-state index in [0.717, 1.165) is 5.52 Å². The fraction of sp³-hybridized carbons (Fsp3) is 0.250. The Bertz CT molecular complexity index is 380. The van der Waals surface area contributed by atoms with Crippen LogP contribution in [0, 0.1) is 6.92 Å². The van der Waals surface area contributed by atoms with Gasteiger partial charge in [0.2, 0.25) is 0 Å². The predicted octanol–water partition coefficient (Wildman–Crippen LogP) is 3.57. The molecule has 68 valence electrons. The number of hydrogen-bond acceptors (Lipinski definition) is 1. The Morgan fingerprint density at radius 1 is 1.08 bits per heavy atom. The zero-order valence-corrected chi connectivity index (χ0v) is 8.41. The molecular formula is C12H15N. The third kappa shape index (κ3) is 2.28. The van der Waals surface area contributed by atoms with Crippen LogP contribution >= 0.6 is 0 Å². The van der Waals surface area contributed by atoms with Gasteiger partial charge in [-0.05, 0) is 24.6 Å². The van der Waals surface area contributed by atoms with E-state index < -0.39 is 0 Å². The van der Waals surface area contributed by atoms with E-state index in [1.807, 2.05) is 38.2 Å². The second-order valence-corrected chi connectivity index (χ2v) is 2.71. The van der Waals surface area contributed by atoms with Crippen LogP contribution in [0.3, 0.4) is 0 Å². The van der Waals surface area contributed by atoms with E-state index in [1.165, 1.54) is 10.9 Å². The molecule has 0 aliphatic heterocycles. The van der Waals surface area contributed by atoms with Gasteiger partial charge >= 0.3 is 0 Å². The standard InChI is InChI=1S/C10H9N.C2H6/c1-8-6-9-4-2-3-5-10(9)11-7-8;1-2/h2-7H,1H3;1-2H3. The number of benzene rings is 1. The van der Waals surface area contributed by atoms with Gasteiger partial charge in [0.1, 0.15) is 0 Å². The molecule has 0 amide bonds. The van der Waals surface area contributed by atoms with Gasteiger partial charge in [-0.25, -0.2) is 0 Å². The van der Waals surface area contributed by atoms with Gasteiger partial charge in [0, 0.05) is 11.6 Å². The molecule has 0 aliphatic rings. The quantitative estimate of drug-likeness (QED) is 0.593. The van der Waals surface area contributed by atoms with Crippen LogP contribution in [0.25, 0.3) is 10.9 Å². The molecule has 1 heteroatoms. The van der Waals surface area contributed by atoms with Gasteiger partial charge < -0.3 is 0 Å². The van der Waals surface area contributed by atoms with Crippen LogP contribution in [-0.2, 0) is 0 Å². The molecule has 1 aromatic carbocycles. The first kappa shape index (κ1) is 9.72. The number of nitrogens with zero attached hydrogens (tertiary/aromatic N) is 1. The minimum Gasteiger partial charge on any atom is -0.256 e. The molecule has 0 atom stereocenters. The van der Waals surface area contributed by atoms with E-state index in [0.29, 0.717) is 0 Å². The highest BCUT2D eigenvalue weighted by Crippen LogP contribution is 2.11. The summed E-state index contributed by atoms with van der Waals surface area (Å²) in [6.45, 7) is 6.06. The number of aryl methyl sites for hydroxylation is 1. The monoisotopic (exact) mass is 173 g/mol. The first-order valence-electron chi connectivity index (χ1n) is 4.68. The minimum atomic E-state index is 1.07. The van der Waals surface area contributed by atoms with Crippen LogP contribution in [0.4, 0.5) is 0 Å². The lowest BCUT2D eigenvalue weighted by molar-refractivity contribution is 1.33. The van der Waals surface area contributed by atoms with Gasteiger partial charge in [0.25, 0.3) is 0 Å². The number of para-hydroxylation sites is 1. The Kier molecular flexibility index (Phi) is 3.44. The highest BCUT2D eigenvalue weighted by Gasteiger charge is 1.90. The van der Waals surface area contributed by atoms with Crippen LogP contribution in [0.5, 0.6) is 0 Å². The summed E-state index contributed by atoms with van der Waals surface area (Å²) in [4.78, 5) is 4.28. The van der Waals surface area contributed by atoms with E-state index in [9.17, 15) is 0 Å². The zero-order chi connectivity index (χ0) is 9.68. The first-order chi connectivity index (χ1) is 6.36. The molecule has 0 saturated heterocycles. The summed E-state index contributed by atoms with van der Waals surface area (Å²) in [7, 11) is 0. The molecule has 0 saturated carbocycles. The smallest absolute Gasteiger partial charge is 0.0702 e. The molecule has 13 heavy (non-hydrogen) atoms. The lowest BCUT2D eigenvalue weighted by Crippen LogP contribution is -1.78. The highest BCUT2D eigenvalue weighted by atomic mass is 14.6. The predicted molar refractivity (Wildman–Crippen MR) is 57.8 cm³/mol. The molecule has 0 spiro atoms. The van der Waals surface area contributed by atoms with Crippen molar-refractivity contribution in [3.05, 3.63) is 42.1 Å². The van der Waals surface area contributed by atoms with E-state index in [4.69, 9.17) is 0 Å². The Morgan fingerprint density at radius 3 is 2.54 bits per heavy atom. The van der Waals surface area contributed by atoms with Crippen molar-refractivity contribution in [2.24, 2.45) is 0 Å². The Labute approximate surface area is 79.4 Å². The summed E-state index contributed by atoms with van der Waals surface area (Å²) in [5.41, 5.74) is 2.28. The molecule has 0 N–H and O–H groups in total. The summed E-state index contributed by atoms with van der Waals surface area (Å²) >= 11 is 0. The van der Waals surface area contributed by atoms with E-state index >= 15 is 0 Å². The molecule has 0 unspecified atom stereocenters. The molecule has 1 nitrogen and oxygen atoms in total. The Morgan fingerprint density at radius 2 is 1.77 bits per heavy atom. The first-order valence-corrected chi connectivity index (χ1v) is 4.68. The third-order valence-corrected chi connectivity index (χ3v) is 1.73. The number of hydrogen-bond donors (Lipinski definition) is 0. The third-order valence-electron chi connectivity index (χ3n) is 1.73. The molecule has 2 aromatic rings. The molecule has 0 radical (unpaired) electrons. The molecule has 0 aliphatic carbocycles. The molecule has 2 rings (SSSR count). The summed E-state index contributed by atoms with van der Waals surface area (Å²) in [6.07, 6.45) is 1.89. The van der Waals surface area contributed by atoms with Gasteiger partial charge in [0.15, 0.2) is 0 Å². The molecule has 0 fully saturated rings. The van der Waals surface area contributed by atoms with E-state index in [-0.39, 0.29) is 0 Å². The van der Waals surface area contributed by atoms with Crippen LogP contribution in [0.2, 0.25) is 0 Å². The summed E-state index contributed by atoms with van der Waals surface area (Å²) in [5.74, 6) is 0. The lowest BCUT2D eigenvalue weighted by atomic mass is 10.2. The number of aromatic nitrogens is 1. The van der Waals surface area contributed by atoms with Gasteiger partial charge in [-0.3, -0.25) is 4.98 Å². The Balaban J connectivity index is 0.000000396. The zero-order valence-electron chi connectivity index (χ0n) is 8.41. The van der Waals surface area contributed by atoms with E-state index in [1.54, 1.807) is 0 Å². The summed E-state index contributed by atoms with van der Waals surface area (Å²) < 4.78 is 0. The maximum atomic E-state index is 4.28. The van der Waals surface area contributed by atoms with Crippen LogP contribution in [0.1, 0.15) is 19.4 Å². The van der Waals surface area contributed by atoms with Crippen molar-refractivity contribution < 1.29 is 0 Å². The second kappa shape index (κ2) is 4.61. The molecular weight excluding hydrogens is 158 g/mol. The molecule has 1 aromatic heterocycles. The van der Waals surface area contributed by atoms with Gasteiger partial charge in [-0.1, -0.05) is 32.0 Å². The average Bonchev–Trinajstić information content (AvgIpc) is 2.21. The van der Waals surface area contributed by atoms with Crippen molar-refractivity contribution in [3.8, 4) is 0 Å². The normalized spacial score (nSPS) is 9.15. The van der Waals surface area contributed by atoms with Crippen molar-refractivity contribution in [3.63, 3.8) is 0 Å².